The van der Waals surface area contributed by atoms with Crippen LogP contribution < -0.4 is 5.73 Å². The first kappa shape index (κ1) is 20.1. The Morgan fingerprint density at radius 2 is 2.21 bits per heavy atom. The van der Waals surface area contributed by atoms with Gasteiger partial charge in [0.1, 0.15) is 22.2 Å². The summed E-state index contributed by atoms with van der Waals surface area (Å²) in [5.74, 6) is 1.72. The Morgan fingerprint density at radius 3 is 2.83 bits per heavy atom. The van der Waals surface area contributed by atoms with Gasteiger partial charge in [0.2, 0.25) is 11.9 Å². The molecule has 29 heavy (non-hydrogen) atoms. The van der Waals surface area contributed by atoms with Crippen molar-refractivity contribution in [1.29, 1.82) is 0 Å². The third-order valence-corrected chi connectivity index (χ3v) is 8.26. The quantitative estimate of drug-likeness (QED) is 0.654. The zero-order chi connectivity index (χ0) is 20.9. The zero-order valence-corrected chi connectivity index (χ0v) is 18.9. The highest BCUT2D eigenvalue weighted by atomic mass is 35.5. The number of aryl methyl sites for hydroxylation is 2. The molecular weight excluding hydrogens is 432 g/mol. The summed E-state index contributed by atoms with van der Waals surface area (Å²) in [6.07, 6.45) is 2.44. The molecule has 0 fully saturated rings. The third-order valence-electron chi connectivity index (χ3n) is 4.87. The molecule has 11 heteroatoms. The lowest BCUT2D eigenvalue weighted by atomic mass is 10.0. The molecule has 2 unspecified atom stereocenters. The van der Waals surface area contributed by atoms with Crippen molar-refractivity contribution in [2.45, 2.75) is 25.8 Å². The van der Waals surface area contributed by atoms with Crippen molar-refractivity contribution in [2.24, 2.45) is 17.8 Å². The van der Waals surface area contributed by atoms with Crippen molar-refractivity contribution in [3.63, 3.8) is 0 Å². The summed E-state index contributed by atoms with van der Waals surface area (Å²) in [6.45, 7) is 3.92. The number of rotatable bonds is 4. The lowest BCUT2D eigenvalue weighted by Crippen LogP contribution is -2.47. The van der Waals surface area contributed by atoms with Gasteiger partial charge < -0.3 is 10.2 Å². The maximum Gasteiger partial charge on any atom is 0.237 e. The highest BCUT2D eigenvalue weighted by molar-refractivity contribution is 7.83. The van der Waals surface area contributed by atoms with Crippen LogP contribution in [-0.4, -0.2) is 42.0 Å². The second-order valence-corrected chi connectivity index (χ2v) is 9.92. The molecule has 0 spiro atoms. The molecule has 2 N–H and O–H groups in total. The maximum absolute atomic E-state index is 12.4. The van der Waals surface area contributed by atoms with E-state index in [4.69, 9.17) is 21.8 Å². The minimum Gasteiger partial charge on any atom is -0.433 e. The molecule has 2 atom stereocenters. The first-order valence-electron chi connectivity index (χ1n) is 8.99. The SMILES string of the molecule is CCc1nc(-c2cc(Cl)c(C3(C)CS(=O)N(C)C(N)=N3)s2)oc1-c1ccnn1C. The van der Waals surface area contributed by atoms with Crippen LogP contribution in [0.15, 0.2) is 27.7 Å². The largest absolute Gasteiger partial charge is 0.433 e. The molecule has 0 radical (unpaired) electrons. The Hall–Kier alpha value is -2.17. The van der Waals surface area contributed by atoms with Gasteiger partial charge in [0.15, 0.2) is 5.76 Å². The fourth-order valence-electron chi connectivity index (χ4n) is 3.25. The average molecular weight is 453 g/mol. The smallest absolute Gasteiger partial charge is 0.237 e. The van der Waals surface area contributed by atoms with Crippen LogP contribution in [0.3, 0.4) is 0 Å². The van der Waals surface area contributed by atoms with E-state index in [0.29, 0.717) is 22.4 Å². The van der Waals surface area contributed by atoms with Crippen molar-refractivity contribution in [3.8, 4) is 22.2 Å². The fraction of sp³-hybridized carbons (Fsp3) is 0.389. The van der Waals surface area contributed by atoms with Gasteiger partial charge in [0.25, 0.3) is 0 Å². The zero-order valence-electron chi connectivity index (χ0n) is 16.5. The third kappa shape index (κ3) is 3.38. The van der Waals surface area contributed by atoms with Crippen LogP contribution in [0.1, 0.15) is 24.4 Å². The van der Waals surface area contributed by atoms with E-state index in [2.05, 4.69) is 15.1 Å². The minimum absolute atomic E-state index is 0.228. The van der Waals surface area contributed by atoms with Gasteiger partial charge in [-0.15, -0.1) is 11.3 Å². The first-order chi connectivity index (χ1) is 13.7. The second-order valence-electron chi connectivity index (χ2n) is 6.98. The molecule has 1 aliphatic heterocycles. The van der Waals surface area contributed by atoms with Gasteiger partial charge in [-0.2, -0.15) is 5.10 Å². The van der Waals surface area contributed by atoms with Gasteiger partial charge in [-0.05, 0) is 25.5 Å². The molecule has 0 amide bonds. The second kappa shape index (κ2) is 7.26. The van der Waals surface area contributed by atoms with E-state index >= 15 is 0 Å². The molecule has 8 nitrogen and oxygen atoms in total. The number of guanidine groups is 1. The van der Waals surface area contributed by atoms with Crippen molar-refractivity contribution in [1.82, 2.24) is 19.1 Å². The highest BCUT2D eigenvalue weighted by Gasteiger charge is 2.39. The number of halogens is 1. The number of hydrogen-bond donors (Lipinski definition) is 1. The molecule has 154 valence electrons. The number of aromatic nitrogens is 3. The van der Waals surface area contributed by atoms with Crippen LogP contribution in [0.4, 0.5) is 0 Å². The van der Waals surface area contributed by atoms with E-state index in [9.17, 15) is 4.21 Å². The molecule has 3 aromatic heterocycles. The number of oxazole rings is 1. The summed E-state index contributed by atoms with van der Waals surface area (Å²) in [7, 11) is 2.25. The molecule has 0 saturated heterocycles. The number of hydrogen-bond acceptors (Lipinski definition) is 7. The first-order valence-corrected chi connectivity index (χ1v) is 11.5. The molecular formula is C18H21ClN6O2S2. The number of thiophene rings is 1. The summed E-state index contributed by atoms with van der Waals surface area (Å²) in [5.41, 5.74) is 6.90. The number of nitrogens with zero attached hydrogens (tertiary/aromatic N) is 5. The molecule has 4 rings (SSSR count). The molecule has 0 aromatic carbocycles. The summed E-state index contributed by atoms with van der Waals surface area (Å²) in [4.78, 5) is 10.8. The van der Waals surface area contributed by atoms with E-state index in [0.717, 1.165) is 27.6 Å². The van der Waals surface area contributed by atoms with Crippen molar-refractivity contribution in [2.75, 3.05) is 12.8 Å². The van der Waals surface area contributed by atoms with Crippen molar-refractivity contribution in [3.05, 3.63) is 33.9 Å². The fourth-order valence-corrected chi connectivity index (χ4v) is 6.03. The predicted octanol–water partition coefficient (Wildman–Crippen LogP) is 3.16. The number of nitrogens with two attached hydrogens (primary N) is 1. The molecule has 1 aliphatic rings. The summed E-state index contributed by atoms with van der Waals surface area (Å²) in [6, 6.07) is 3.71. The van der Waals surface area contributed by atoms with Crippen LogP contribution in [-0.2, 0) is 30.0 Å². The Labute approximate surface area is 180 Å². The van der Waals surface area contributed by atoms with Gasteiger partial charge in [-0.25, -0.2) is 14.2 Å². The lowest BCUT2D eigenvalue weighted by Gasteiger charge is -2.33. The van der Waals surface area contributed by atoms with E-state index in [1.807, 2.05) is 33.0 Å². The van der Waals surface area contributed by atoms with Crippen LogP contribution in [0.5, 0.6) is 0 Å². The Kier molecular flexibility index (Phi) is 5.04. The van der Waals surface area contributed by atoms with Gasteiger partial charge in [-0.1, -0.05) is 18.5 Å². The Balaban J connectivity index is 1.77. The van der Waals surface area contributed by atoms with Gasteiger partial charge >= 0.3 is 0 Å². The van der Waals surface area contributed by atoms with Crippen LogP contribution in [0, 0.1) is 0 Å². The topological polar surface area (TPSA) is 103 Å². The normalized spacial score (nSPS) is 22.2. The highest BCUT2D eigenvalue weighted by Crippen LogP contribution is 2.44. The summed E-state index contributed by atoms with van der Waals surface area (Å²) < 4.78 is 21.8. The van der Waals surface area contributed by atoms with Crippen molar-refractivity contribution < 1.29 is 8.63 Å². The molecule has 0 saturated carbocycles. The summed E-state index contributed by atoms with van der Waals surface area (Å²) >= 11 is 7.99. The monoisotopic (exact) mass is 452 g/mol. The minimum atomic E-state index is -1.28. The molecule has 0 aliphatic carbocycles. The summed E-state index contributed by atoms with van der Waals surface area (Å²) in [5, 5.41) is 4.74. The van der Waals surface area contributed by atoms with Gasteiger partial charge in [-0.3, -0.25) is 8.99 Å². The molecule has 0 bridgehead atoms. The van der Waals surface area contributed by atoms with Gasteiger partial charge in [0, 0.05) is 20.3 Å². The lowest BCUT2D eigenvalue weighted by molar-refractivity contribution is 0.524. The van der Waals surface area contributed by atoms with Gasteiger partial charge in [0.05, 0.1) is 26.2 Å². The van der Waals surface area contributed by atoms with Crippen LogP contribution >= 0.6 is 22.9 Å². The molecule has 3 aromatic rings. The van der Waals surface area contributed by atoms with E-state index in [1.54, 1.807) is 17.9 Å². The standard InChI is InChI=1S/C18H21ClN6O2S2/c1-5-11-14(12-6-7-21-24(12)3)27-16(22-11)13-8-10(19)15(28-13)18(2)9-29(26)25(4)17(20)23-18/h6-8H,5,9H2,1-4H3,(H2,20,23). The Morgan fingerprint density at radius 1 is 1.45 bits per heavy atom. The van der Waals surface area contributed by atoms with E-state index in [-0.39, 0.29) is 5.96 Å². The maximum atomic E-state index is 12.4. The van der Waals surface area contributed by atoms with E-state index < -0.39 is 16.5 Å². The molecule has 4 heterocycles. The number of aliphatic imine (C=N–C) groups is 1. The van der Waals surface area contributed by atoms with Crippen LogP contribution in [0.25, 0.3) is 22.2 Å². The van der Waals surface area contributed by atoms with E-state index in [1.165, 1.54) is 15.6 Å². The van der Waals surface area contributed by atoms with Crippen LogP contribution in [0.2, 0.25) is 5.02 Å². The Bertz CT molecular complexity index is 1130. The average Bonchev–Trinajstić information content (AvgIpc) is 3.37. The predicted molar refractivity (Wildman–Crippen MR) is 116 cm³/mol. The van der Waals surface area contributed by atoms with Crippen molar-refractivity contribution >= 4 is 39.9 Å².